The summed E-state index contributed by atoms with van der Waals surface area (Å²) < 4.78 is 0. The van der Waals surface area contributed by atoms with Gasteiger partial charge >= 0.3 is 0 Å². The Bertz CT molecular complexity index is 603. The van der Waals surface area contributed by atoms with E-state index in [9.17, 15) is 4.79 Å². The van der Waals surface area contributed by atoms with E-state index in [1.165, 1.54) is 0 Å². The summed E-state index contributed by atoms with van der Waals surface area (Å²) in [7, 11) is 3.80. The van der Waals surface area contributed by atoms with E-state index in [4.69, 9.17) is 5.73 Å². The van der Waals surface area contributed by atoms with Gasteiger partial charge in [0.15, 0.2) is 0 Å². The lowest BCUT2D eigenvalue weighted by molar-refractivity contribution is 0.102. The van der Waals surface area contributed by atoms with Crippen LogP contribution in [0.25, 0.3) is 0 Å². The standard InChI is InChI=1S/C13H17N5O/c1-8-7-15-17-12(8)16-13(19)9-4-5-11(18(2)3)10(14)6-9/h4-7H,14H2,1-3H3,(H2,15,16,17,19). The molecule has 0 fully saturated rings. The molecule has 1 amide bonds. The summed E-state index contributed by atoms with van der Waals surface area (Å²) in [4.78, 5) is 14.0. The highest BCUT2D eigenvalue weighted by molar-refractivity contribution is 6.05. The first-order valence-corrected chi connectivity index (χ1v) is 5.87. The molecule has 0 saturated carbocycles. The van der Waals surface area contributed by atoms with Crippen molar-refractivity contribution in [1.82, 2.24) is 10.2 Å². The van der Waals surface area contributed by atoms with Gasteiger partial charge in [0.25, 0.3) is 5.91 Å². The maximum atomic E-state index is 12.1. The number of aromatic amines is 1. The summed E-state index contributed by atoms with van der Waals surface area (Å²) >= 11 is 0. The lowest BCUT2D eigenvalue weighted by Crippen LogP contribution is -2.15. The van der Waals surface area contributed by atoms with Crippen LogP contribution in [-0.2, 0) is 0 Å². The second-order valence-electron chi connectivity index (χ2n) is 4.55. The van der Waals surface area contributed by atoms with Gasteiger partial charge in [0.05, 0.1) is 17.6 Å². The number of nitrogens with zero attached hydrogens (tertiary/aromatic N) is 2. The smallest absolute Gasteiger partial charge is 0.256 e. The van der Waals surface area contributed by atoms with Crippen LogP contribution >= 0.6 is 0 Å². The predicted octanol–water partition coefficient (Wildman–Crippen LogP) is 1.62. The number of aromatic nitrogens is 2. The van der Waals surface area contributed by atoms with Gasteiger partial charge in [-0.3, -0.25) is 9.89 Å². The fourth-order valence-electron chi connectivity index (χ4n) is 1.76. The van der Waals surface area contributed by atoms with Crippen LogP contribution in [0.2, 0.25) is 0 Å². The molecular formula is C13H17N5O. The number of H-pyrrole nitrogens is 1. The van der Waals surface area contributed by atoms with Crippen LogP contribution < -0.4 is 16.0 Å². The molecule has 2 rings (SSSR count). The van der Waals surface area contributed by atoms with E-state index >= 15 is 0 Å². The Morgan fingerprint density at radius 3 is 2.68 bits per heavy atom. The average Bonchev–Trinajstić information content (AvgIpc) is 2.74. The van der Waals surface area contributed by atoms with E-state index in [-0.39, 0.29) is 5.91 Å². The molecule has 100 valence electrons. The monoisotopic (exact) mass is 259 g/mol. The molecule has 0 bridgehead atoms. The molecule has 1 heterocycles. The number of hydrogen-bond acceptors (Lipinski definition) is 4. The molecule has 19 heavy (non-hydrogen) atoms. The molecule has 1 aromatic carbocycles. The van der Waals surface area contributed by atoms with Crippen LogP contribution in [0.4, 0.5) is 17.2 Å². The number of aryl methyl sites for hydroxylation is 1. The highest BCUT2D eigenvalue weighted by Gasteiger charge is 2.11. The van der Waals surface area contributed by atoms with E-state index in [0.717, 1.165) is 11.3 Å². The SMILES string of the molecule is Cc1cn[nH]c1NC(=O)c1ccc(N(C)C)c(N)c1. The van der Waals surface area contributed by atoms with Crippen molar-refractivity contribution < 1.29 is 4.79 Å². The zero-order valence-electron chi connectivity index (χ0n) is 11.2. The Hall–Kier alpha value is -2.50. The number of nitrogens with two attached hydrogens (primary N) is 1. The second-order valence-corrected chi connectivity index (χ2v) is 4.55. The summed E-state index contributed by atoms with van der Waals surface area (Å²) in [5.41, 5.74) is 8.77. The molecule has 0 saturated heterocycles. The van der Waals surface area contributed by atoms with Gasteiger partial charge < -0.3 is 16.0 Å². The number of nitrogen functional groups attached to an aromatic ring is 1. The Kier molecular flexibility index (Phi) is 3.41. The Morgan fingerprint density at radius 2 is 2.16 bits per heavy atom. The van der Waals surface area contributed by atoms with Gasteiger partial charge in [0, 0.05) is 25.2 Å². The van der Waals surface area contributed by atoms with Crippen molar-refractivity contribution >= 4 is 23.1 Å². The van der Waals surface area contributed by atoms with E-state index in [1.807, 2.05) is 32.0 Å². The van der Waals surface area contributed by atoms with Crippen LogP contribution in [0.3, 0.4) is 0 Å². The van der Waals surface area contributed by atoms with Gasteiger partial charge in [0.1, 0.15) is 5.82 Å². The van der Waals surface area contributed by atoms with Crippen molar-refractivity contribution in [2.24, 2.45) is 0 Å². The van der Waals surface area contributed by atoms with Gasteiger partial charge in [0.2, 0.25) is 0 Å². The zero-order valence-corrected chi connectivity index (χ0v) is 11.2. The van der Waals surface area contributed by atoms with Gasteiger partial charge in [-0.15, -0.1) is 0 Å². The van der Waals surface area contributed by atoms with Crippen LogP contribution in [0.1, 0.15) is 15.9 Å². The topological polar surface area (TPSA) is 87.0 Å². The minimum absolute atomic E-state index is 0.218. The molecule has 0 spiro atoms. The normalized spacial score (nSPS) is 10.3. The van der Waals surface area contributed by atoms with Gasteiger partial charge in [-0.05, 0) is 25.1 Å². The van der Waals surface area contributed by atoms with E-state index in [2.05, 4.69) is 15.5 Å². The Labute approximate surface area is 111 Å². The van der Waals surface area contributed by atoms with Crippen LogP contribution in [-0.4, -0.2) is 30.2 Å². The first kappa shape index (κ1) is 12.9. The number of benzene rings is 1. The van der Waals surface area contributed by atoms with Crippen molar-refractivity contribution in [1.29, 1.82) is 0 Å². The predicted molar refractivity (Wildman–Crippen MR) is 76.5 cm³/mol. The second kappa shape index (κ2) is 5.01. The molecule has 0 aliphatic heterocycles. The van der Waals surface area contributed by atoms with Crippen molar-refractivity contribution in [3.05, 3.63) is 35.5 Å². The Morgan fingerprint density at radius 1 is 1.42 bits per heavy atom. The first-order valence-electron chi connectivity index (χ1n) is 5.87. The van der Waals surface area contributed by atoms with Crippen molar-refractivity contribution in [3.8, 4) is 0 Å². The summed E-state index contributed by atoms with van der Waals surface area (Å²) in [5, 5.41) is 9.34. The number of amides is 1. The number of anilines is 3. The largest absolute Gasteiger partial charge is 0.397 e. The fraction of sp³-hybridized carbons (Fsp3) is 0.231. The number of rotatable bonds is 3. The minimum Gasteiger partial charge on any atom is -0.397 e. The third-order valence-electron chi connectivity index (χ3n) is 2.84. The third kappa shape index (κ3) is 2.67. The maximum absolute atomic E-state index is 12.1. The maximum Gasteiger partial charge on any atom is 0.256 e. The van der Waals surface area contributed by atoms with Crippen LogP contribution in [0.15, 0.2) is 24.4 Å². The van der Waals surface area contributed by atoms with Gasteiger partial charge in [-0.1, -0.05) is 0 Å². The Balaban J connectivity index is 2.21. The van der Waals surface area contributed by atoms with Crippen LogP contribution in [0, 0.1) is 6.92 Å². The lowest BCUT2D eigenvalue weighted by atomic mass is 10.1. The van der Waals surface area contributed by atoms with Gasteiger partial charge in [-0.25, -0.2) is 0 Å². The quantitative estimate of drug-likeness (QED) is 0.731. The molecule has 0 atom stereocenters. The van der Waals surface area contributed by atoms with E-state index < -0.39 is 0 Å². The molecule has 4 N–H and O–H groups in total. The highest BCUT2D eigenvalue weighted by Crippen LogP contribution is 2.22. The first-order chi connectivity index (χ1) is 8.99. The molecule has 6 nitrogen and oxygen atoms in total. The molecule has 1 aromatic heterocycles. The van der Waals surface area contributed by atoms with Crippen molar-refractivity contribution in [3.63, 3.8) is 0 Å². The average molecular weight is 259 g/mol. The van der Waals surface area contributed by atoms with Crippen molar-refractivity contribution in [2.75, 3.05) is 30.0 Å². The lowest BCUT2D eigenvalue weighted by Gasteiger charge is -2.15. The summed E-state index contributed by atoms with van der Waals surface area (Å²) in [6, 6.07) is 5.23. The number of nitrogens with one attached hydrogen (secondary N) is 2. The minimum atomic E-state index is -0.218. The van der Waals surface area contributed by atoms with Gasteiger partial charge in [-0.2, -0.15) is 5.10 Å². The molecule has 2 aromatic rings. The molecule has 0 radical (unpaired) electrons. The molecular weight excluding hydrogens is 242 g/mol. The summed E-state index contributed by atoms with van der Waals surface area (Å²) in [5.74, 6) is 0.379. The number of carbonyl (C=O) groups is 1. The molecule has 0 aliphatic rings. The zero-order chi connectivity index (χ0) is 14.0. The molecule has 0 aliphatic carbocycles. The van der Waals surface area contributed by atoms with E-state index in [1.54, 1.807) is 18.3 Å². The fourth-order valence-corrected chi connectivity index (χ4v) is 1.76. The van der Waals surface area contributed by atoms with Crippen LogP contribution in [0.5, 0.6) is 0 Å². The molecule has 0 unspecified atom stereocenters. The molecule has 6 heteroatoms. The number of carbonyl (C=O) groups excluding carboxylic acids is 1. The van der Waals surface area contributed by atoms with E-state index in [0.29, 0.717) is 17.1 Å². The summed E-state index contributed by atoms with van der Waals surface area (Å²) in [6.07, 6.45) is 1.65. The number of hydrogen-bond donors (Lipinski definition) is 3. The highest BCUT2D eigenvalue weighted by atomic mass is 16.1. The summed E-state index contributed by atoms with van der Waals surface area (Å²) in [6.45, 7) is 1.86. The van der Waals surface area contributed by atoms with Crippen molar-refractivity contribution in [2.45, 2.75) is 6.92 Å². The third-order valence-corrected chi connectivity index (χ3v) is 2.84.